The molecule has 1 fully saturated rings. The minimum Gasteiger partial charge on any atom is -0.375 e. The number of nitrogens with zero attached hydrogens (tertiary/aromatic N) is 1. The van der Waals surface area contributed by atoms with E-state index in [9.17, 15) is 0 Å². The predicted molar refractivity (Wildman–Crippen MR) is 59.3 cm³/mol. The topological polar surface area (TPSA) is 38.5 Å². The van der Waals surface area contributed by atoms with E-state index in [4.69, 9.17) is 10.5 Å². The molecule has 0 spiro atoms. The second-order valence-electron chi connectivity index (χ2n) is 5.36. The number of hydrogen-bond acceptors (Lipinski definition) is 3. The first kappa shape index (κ1) is 12.0. The zero-order chi connectivity index (χ0) is 10.8. The number of hydrogen-bond donors (Lipinski definition) is 1. The van der Waals surface area contributed by atoms with Gasteiger partial charge in [-0.25, -0.2) is 0 Å². The highest BCUT2D eigenvalue weighted by atomic mass is 16.5. The summed E-state index contributed by atoms with van der Waals surface area (Å²) in [5.74, 6) is 0.629. The minimum absolute atomic E-state index is 0.0204. The molecule has 0 aromatic carbocycles. The zero-order valence-corrected chi connectivity index (χ0v) is 9.92. The minimum atomic E-state index is -0.0204. The molecular weight excluding hydrogens is 176 g/mol. The molecule has 1 aliphatic rings. The summed E-state index contributed by atoms with van der Waals surface area (Å²) in [5, 5.41) is 0. The van der Waals surface area contributed by atoms with Crippen LogP contribution < -0.4 is 5.73 Å². The van der Waals surface area contributed by atoms with Crippen molar-refractivity contribution in [1.82, 2.24) is 4.90 Å². The quantitative estimate of drug-likeness (QED) is 0.741. The smallest absolute Gasteiger partial charge is 0.0600 e. The van der Waals surface area contributed by atoms with Crippen molar-refractivity contribution in [2.75, 3.05) is 26.2 Å². The van der Waals surface area contributed by atoms with Gasteiger partial charge in [0.2, 0.25) is 0 Å². The average molecular weight is 200 g/mol. The van der Waals surface area contributed by atoms with Gasteiger partial charge in [-0.05, 0) is 26.7 Å². The van der Waals surface area contributed by atoms with E-state index in [1.54, 1.807) is 0 Å². The van der Waals surface area contributed by atoms with Gasteiger partial charge < -0.3 is 10.5 Å². The summed E-state index contributed by atoms with van der Waals surface area (Å²) in [5.41, 5.74) is 5.92. The molecule has 1 aliphatic heterocycles. The third-order valence-corrected chi connectivity index (χ3v) is 2.69. The van der Waals surface area contributed by atoms with Crippen molar-refractivity contribution in [2.24, 2.45) is 11.7 Å². The van der Waals surface area contributed by atoms with Gasteiger partial charge in [0.1, 0.15) is 0 Å². The second kappa shape index (κ2) is 4.60. The fourth-order valence-corrected chi connectivity index (χ4v) is 1.76. The zero-order valence-electron chi connectivity index (χ0n) is 9.92. The molecule has 3 heteroatoms. The Morgan fingerprint density at radius 2 is 2.00 bits per heavy atom. The maximum absolute atomic E-state index is 5.94. The first-order valence-corrected chi connectivity index (χ1v) is 5.50. The summed E-state index contributed by atoms with van der Waals surface area (Å²) in [4.78, 5) is 2.39. The highest BCUT2D eigenvalue weighted by Crippen LogP contribution is 2.14. The fourth-order valence-electron chi connectivity index (χ4n) is 1.76. The summed E-state index contributed by atoms with van der Waals surface area (Å²) in [6.07, 6.45) is 0. The molecule has 0 saturated carbocycles. The molecule has 14 heavy (non-hydrogen) atoms. The van der Waals surface area contributed by atoms with Gasteiger partial charge in [-0.1, -0.05) is 6.92 Å². The summed E-state index contributed by atoms with van der Waals surface area (Å²) in [6, 6.07) is 0.352. The Bertz CT molecular complexity index is 167. The Hall–Kier alpha value is -0.120. The summed E-state index contributed by atoms with van der Waals surface area (Å²) >= 11 is 0. The second-order valence-corrected chi connectivity index (χ2v) is 5.36. The lowest BCUT2D eigenvalue weighted by atomic mass is 10.1. The van der Waals surface area contributed by atoms with Crippen LogP contribution in [0.4, 0.5) is 0 Å². The monoisotopic (exact) mass is 200 g/mol. The maximum atomic E-state index is 5.94. The van der Waals surface area contributed by atoms with Crippen LogP contribution in [0.2, 0.25) is 0 Å². The van der Waals surface area contributed by atoms with E-state index in [2.05, 4.69) is 32.6 Å². The van der Waals surface area contributed by atoms with Gasteiger partial charge in [0.05, 0.1) is 12.2 Å². The number of nitrogens with two attached hydrogens (primary N) is 1. The largest absolute Gasteiger partial charge is 0.375 e. The Kier molecular flexibility index (Phi) is 3.93. The van der Waals surface area contributed by atoms with Crippen molar-refractivity contribution >= 4 is 0 Å². The molecule has 0 radical (unpaired) electrons. The van der Waals surface area contributed by atoms with Gasteiger partial charge in [0.15, 0.2) is 0 Å². The van der Waals surface area contributed by atoms with Crippen LogP contribution in [0, 0.1) is 5.92 Å². The summed E-state index contributed by atoms with van der Waals surface area (Å²) < 4.78 is 5.68. The lowest BCUT2D eigenvalue weighted by Crippen LogP contribution is -2.31. The van der Waals surface area contributed by atoms with Gasteiger partial charge in [-0.2, -0.15) is 0 Å². The van der Waals surface area contributed by atoms with Crippen LogP contribution >= 0.6 is 0 Å². The molecule has 0 aromatic rings. The Balaban J connectivity index is 2.15. The standard InChI is InChI=1S/C11H24N2O/c1-9-7-13(8-10(9)12)5-6-14-11(2,3)4/h9-10H,5-8,12H2,1-4H3. The predicted octanol–water partition coefficient (Wildman–Crippen LogP) is 1.08. The maximum Gasteiger partial charge on any atom is 0.0600 e. The van der Waals surface area contributed by atoms with E-state index >= 15 is 0 Å². The van der Waals surface area contributed by atoms with Gasteiger partial charge in [0, 0.05) is 25.7 Å². The van der Waals surface area contributed by atoms with Crippen LogP contribution in [-0.4, -0.2) is 42.8 Å². The van der Waals surface area contributed by atoms with Crippen molar-refractivity contribution in [1.29, 1.82) is 0 Å². The van der Waals surface area contributed by atoms with Gasteiger partial charge in [-0.3, -0.25) is 4.90 Å². The molecule has 0 amide bonds. The molecule has 84 valence electrons. The van der Waals surface area contributed by atoms with E-state index in [-0.39, 0.29) is 5.60 Å². The SMILES string of the molecule is CC1CN(CCOC(C)(C)C)CC1N. The molecular formula is C11H24N2O. The Morgan fingerprint density at radius 1 is 1.36 bits per heavy atom. The molecule has 2 N–H and O–H groups in total. The van der Waals surface area contributed by atoms with Crippen molar-refractivity contribution in [3.05, 3.63) is 0 Å². The van der Waals surface area contributed by atoms with Crippen LogP contribution in [0.3, 0.4) is 0 Å². The average Bonchev–Trinajstić information content (AvgIpc) is 2.28. The van der Waals surface area contributed by atoms with Crippen LogP contribution in [0.25, 0.3) is 0 Å². The molecule has 1 rings (SSSR count). The molecule has 0 bridgehead atoms. The van der Waals surface area contributed by atoms with Crippen molar-refractivity contribution < 1.29 is 4.74 Å². The van der Waals surface area contributed by atoms with E-state index in [1.165, 1.54) is 0 Å². The lowest BCUT2D eigenvalue weighted by molar-refractivity contribution is -0.0112. The summed E-state index contributed by atoms with van der Waals surface area (Å²) in [7, 11) is 0. The number of likely N-dealkylation sites (tertiary alicyclic amines) is 1. The highest BCUT2D eigenvalue weighted by Gasteiger charge is 2.26. The van der Waals surface area contributed by atoms with E-state index in [0.29, 0.717) is 12.0 Å². The van der Waals surface area contributed by atoms with Crippen molar-refractivity contribution in [3.63, 3.8) is 0 Å². The fraction of sp³-hybridized carbons (Fsp3) is 1.00. The lowest BCUT2D eigenvalue weighted by Gasteiger charge is -2.22. The molecule has 0 aromatic heterocycles. The van der Waals surface area contributed by atoms with Gasteiger partial charge in [0.25, 0.3) is 0 Å². The number of rotatable bonds is 3. The number of ether oxygens (including phenoxy) is 1. The first-order chi connectivity index (χ1) is 6.38. The third-order valence-electron chi connectivity index (χ3n) is 2.69. The Labute approximate surface area is 87.6 Å². The van der Waals surface area contributed by atoms with E-state index < -0.39 is 0 Å². The van der Waals surface area contributed by atoms with Crippen LogP contribution in [-0.2, 0) is 4.74 Å². The molecule has 1 heterocycles. The Morgan fingerprint density at radius 3 is 2.43 bits per heavy atom. The third kappa shape index (κ3) is 3.95. The van der Waals surface area contributed by atoms with E-state index in [0.717, 1.165) is 26.2 Å². The summed E-state index contributed by atoms with van der Waals surface area (Å²) in [6.45, 7) is 12.4. The highest BCUT2D eigenvalue weighted by molar-refractivity contribution is 4.83. The normalized spacial score (nSPS) is 29.8. The van der Waals surface area contributed by atoms with Gasteiger partial charge in [-0.15, -0.1) is 0 Å². The molecule has 0 aliphatic carbocycles. The van der Waals surface area contributed by atoms with Gasteiger partial charge >= 0.3 is 0 Å². The first-order valence-electron chi connectivity index (χ1n) is 5.50. The molecule has 1 saturated heterocycles. The van der Waals surface area contributed by atoms with Crippen LogP contribution in [0.1, 0.15) is 27.7 Å². The molecule has 3 nitrogen and oxygen atoms in total. The van der Waals surface area contributed by atoms with E-state index in [1.807, 2.05) is 0 Å². The van der Waals surface area contributed by atoms with Crippen molar-refractivity contribution in [3.8, 4) is 0 Å². The van der Waals surface area contributed by atoms with Crippen LogP contribution in [0.5, 0.6) is 0 Å². The molecule has 2 atom stereocenters. The van der Waals surface area contributed by atoms with Crippen LogP contribution in [0.15, 0.2) is 0 Å². The molecule has 2 unspecified atom stereocenters. The van der Waals surface area contributed by atoms with Crippen molar-refractivity contribution in [2.45, 2.75) is 39.3 Å².